The fourth-order valence-corrected chi connectivity index (χ4v) is 1.64. The van der Waals surface area contributed by atoms with Crippen molar-refractivity contribution in [1.82, 2.24) is 9.97 Å². The van der Waals surface area contributed by atoms with Gasteiger partial charge < -0.3 is 16.5 Å². The van der Waals surface area contributed by atoms with Crippen LogP contribution in [0.2, 0.25) is 0 Å². The topological polar surface area (TPSA) is 97.8 Å². The Labute approximate surface area is 95.6 Å². The molecule has 0 fully saturated rings. The summed E-state index contributed by atoms with van der Waals surface area (Å²) in [5, 5.41) is 0. The smallest absolute Gasteiger partial charge is 0.269 e. The van der Waals surface area contributed by atoms with Crippen LogP contribution in [0.4, 0.5) is 5.82 Å². The molecule has 5 heteroatoms. The number of aryl methyl sites for hydroxylation is 1. The van der Waals surface area contributed by atoms with Gasteiger partial charge in [-0.05, 0) is 6.42 Å². The van der Waals surface area contributed by atoms with E-state index in [0.717, 1.165) is 18.7 Å². The lowest BCUT2D eigenvalue weighted by Gasteiger charge is -1.97. The van der Waals surface area contributed by atoms with E-state index in [1.807, 2.05) is 0 Å². The van der Waals surface area contributed by atoms with Gasteiger partial charge in [-0.25, -0.2) is 4.98 Å². The van der Waals surface area contributed by atoms with E-state index < -0.39 is 5.91 Å². The highest BCUT2D eigenvalue weighted by molar-refractivity contribution is 5.95. The number of aromatic amines is 1. The van der Waals surface area contributed by atoms with Crippen LogP contribution < -0.4 is 11.5 Å². The molecule has 16 heavy (non-hydrogen) atoms. The number of hydrogen-bond donors (Lipinski definition) is 3. The van der Waals surface area contributed by atoms with Crippen molar-refractivity contribution < 1.29 is 4.79 Å². The third-order valence-electron chi connectivity index (χ3n) is 2.54. The Balaban J connectivity index is 2.37. The molecule has 0 atom stereocenters. The van der Waals surface area contributed by atoms with Crippen molar-refractivity contribution in [2.75, 3.05) is 5.73 Å². The SMILES string of the molecule is CCCCCCCc1nc(N)c(C(N)=O)[nH]1. The lowest BCUT2D eigenvalue weighted by molar-refractivity contribution is 0.0997. The Morgan fingerprint density at radius 2 is 2.00 bits per heavy atom. The number of unbranched alkanes of at least 4 members (excludes halogenated alkanes) is 4. The van der Waals surface area contributed by atoms with Crippen molar-refractivity contribution >= 4 is 11.7 Å². The summed E-state index contributed by atoms with van der Waals surface area (Å²) < 4.78 is 0. The van der Waals surface area contributed by atoms with Gasteiger partial charge in [-0.1, -0.05) is 32.6 Å². The van der Waals surface area contributed by atoms with Gasteiger partial charge in [-0.3, -0.25) is 4.79 Å². The number of hydrogen-bond acceptors (Lipinski definition) is 3. The number of nitrogens with two attached hydrogens (primary N) is 2. The number of amides is 1. The molecule has 0 aliphatic rings. The highest BCUT2D eigenvalue weighted by Gasteiger charge is 2.11. The quantitative estimate of drug-likeness (QED) is 0.613. The summed E-state index contributed by atoms with van der Waals surface area (Å²) in [6.07, 6.45) is 6.81. The minimum atomic E-state index is -0.553. The molecule has 0 aliphatic carbocycles. The van der Waals surface area contributed by atoms with E-state index in [1.54, 1.807) is 0 Å². The van der Waals surface area contributed by atoms with E-state index in [2.05, 4.69) is 16.9 Å². The summed E-state index contributed by atoms with van der Waals surface area (Å²) in [5.41, 5.74) is 10.9. The summed E-state index contributed by atoms with van der Waals surface area (Å²) in [4.78, 5) is 17.9. The molecule has 1 amide bonds. The molecule has 0 unspecified atom stereocenters. The number of rotatable bonds is 7. The van der Waals surface area contributed by atoms with Crippen molar-refractivity contribution in [1.29, 1.82) is 0 Å². The zero-order chi connectivity index (χ0) is 12.0. The fourth-order valence-electron chi connectivity index (χ4n) is 1.64. The Bertz CT molecular complexity index is 346. The van der Waals surface area contributed by atoms with Gasteiger partial charge in [0.05, 0.1) is 0 Å². The van der Waals surface area contributed by atoms with Gasteiger partial charge >= 0.3 is 0 Å². The first kappa shape index (κ1) is 12.5. The molecule has 90 valence electrons. The van der Waals surface area contributed by atoms with E-state index >= 15 is 0 Å². The first-order chi connectivity index (χ1) is 7.65. The zero-order valence-electron chi connectivity index (χ0n) is 9.75. The van der Waals surface area contributed by atoms with E-state index in [-0.39, 0.29) is 11.5 Å². The second-order valence-corrected chi connectivity index (χ2v) is 3.97. The summed E-state index contributed by atoms with van der Waals surface area (Å²) in [6.45, 7) is 2.19. The van der Waals surface area contributed by atoms with Crippen LogP contribution in [0.3, 0.4) is 0 Å². The van der Waals surface area contributed by atoms with Crippen molar-refractivity contribution in [3.05, 3.63) is 11.5 Å². The summed E-state index contributed by atoms with van der Waals surface area (Å²) in [5.74, 6) is 0.404. The van der Waals surface area contributed by atoms with Crippen LogP contribution in [-0.4, -0.2) is 15.9 Å². The number of carbonyl (C=O) groups excluding carboxylic acids is 1. The molecule has 0 aliphatic heterocycles. The molecule has 1 aromatic rings. The zero-order valence-corrected chi connectivity index (χ0v) is 9.75. The van der Waals surface area contributed by atoms with Crippen LogP contribution in [0, 0.1) is 0 Å². The van der Waals surface area contributed by atoms with E-state index in [1.165, 1.54) is 25.7 Å². The molecular weight excluding hydrogens is 204 g/mol. The molecule has 0 radical (unpaired) electrons. The second kappa shape index (κ2) is 6.15. The predicted molar refractivity (Wildman–Crippen MR) is 64.0 cm³/mol. The van der Waals surface area contributed by atoms with Gasteiger partial charge in [0, 0.05) is 6.42 Å². The average molecular weight is 224 g/mol. The molecule has 0 spiro atoms. The Morgan fingerprint density at radius 1 is 1.31 bits per heavy atom. The Hall–Kier alpha value is -1.52. The minimum absolute atomic E-state index is 0.205. The van der Waals surface area contributed by atoms with E-state index in [4.69, 9.17) is 11.5 Å². The molecule has 0 saturated heterocycles. The molecule has 1 aromatic heterocycles. The number of anilines is 1. The standard InChI is InChI=1S/C11H20N4O/c1-2-3-4-5-6-7-8-14-9(11(13)16)10(12)15-8/h2-7,12H2,1H3,(H2,13,16)(H,14,15). The Kier molecular flexibility index (Phi) is 4.82. The first-order valence-corrected chi connectivity index (χ1v) is 5.79. The number of aromatic nitrogens is 2. The first-order valence-electron chi connectivity index (χ1n) is 5.79. The summed E-state index contributed by atoms with van der Waals surface area (Å²) in [7, 11) is 0. The third-order valence-corrected chi connectivity index (χ3v) is 2.54. The second-order valence-electron chi connectivity index (χ2n) is 3.97. The monoisotopic (exact) mass is 224 g/mol. The highest BCUT2D eigenvalue weighted by Crippen LogP contribution is 2.11. The van der Waals surface area contributed by atoms with Crippen molar-refractivity contribution in [2.45, 2.75) is 45.4 Å². The van der Waals surface area contributed by atoms with Crippen LogP contribution in [0.15, 0.2) is 0 Å². The largest absolute Gasteiger partial charge is 0.382 e. The minimum Gasteiger partial charge on any atom is -0.382 e. The predicted octanol–water partition coefficient (Wildman–Crippen LogP) is 1.60. The number of carbonyl (C=O) groups is 1. The maximum atomic E-state index is 10.9. The number of imidazole rings is 1. The van der Waals surface area contributed by atoms with E-state index in [9.17, 15) is 4.79 Å². The van der Waals surface area contributed by atoms with E-state index in [0.29, 0.717) is 0 Å². The number of nitrogens with one attached hydrogen (secondary N) is 1. The normalized spacial score (nSPS) is 10.6. The van der Waals surface area contributed by atoms with Gasteiger partial charge in [-0.15, -0.1) is 0 Å². The van der Waals surface area contributed by atoms with Crippen molar-refractivity contribution in [3.8, 4) is 0 Å². The van der Waals surface area contributed by atoms with Crippen LogP contribution in [0.5, 0.6) is 0 Å². The number of nitrogens with zero attached hydrogens (tertiary/aromatic N) is 1. The molecule has 5 nitrogen and oxygen atoms in total. The summed E-state index contributed by atoms with van der Waals surface area (Å²) in [6, 6.07) is 0. The molecule has 1 rings (SSSR count). The summed E-state index contributed by atoms with van der Waals surface area (Å²) >= 11 is 0. The van der Waals surface area contributed by atoms with Crippen molar-refractivity contribution in [3.63, 3.8) is 0 Å². The van der Waals surface area contributed by atoms with Crippen LogP contribution >= 0.6 is 0 Å². The van der Waals surface area contributed by atoms with Gasteiger partial charge in [0.15, 0.2) is 5.82 Å². The molecular formula is C11H20N4O. The lowest BCUT2D eigenvalue weighted by Crippen LogP contribution is -2.13. The van der Waals surface area contributed by atoms with Crippen LogP contribution in [-0.2, 0) is 6.42 Å². The van der Waals surface area contributed by atoms with Gasteiger partial charge in [0.1, 0.15) is 11.5 Å². The lowest BCUT2D eigenvalue weighted by atomic mass is 10.1. The molecule has 0 saturated carbocycles. The van der Waals surface area contributed by atoms with Gasteiger partial charge in [0.2, 0.25) is 0 Å². The Morgan fingerprint density at radius 3 is 2.56 bits per heavy atom. The highest BCUT2D eigenvalue weighted by atomic mass is 16.1. The third kappa shape index (κ3) is 3.56. The number of H-pyrrole nitrogens is 1. The van der Waals surface area contributed by atoms with Gasteiger partial charge in [-0.2, -0.15) is 0 Å². The van der Waals surface area contributed by atoms with Crippen LogP contribution in [0.25, 0.3) is 0 Å². The molecule has 0 aromatic carbocycles. The number of nitrogen functional groups attached to an aromatic ring is 1. The van der Waals surface area contributed by atoms with Crippen molar-refractivity contribution in [2.24, 2.45) is 5.73 Å². The average Bonchev–Trinajstić information content (AvgIpc) is 2.59. The fraction of sp³-hybridized carbons (Fsp3) is 0.636. The maximum Gasteiger partial charge on any atom is 0.269 e. The van der Waals surface area contributed by atoms with Gasteiger partial charge in [0.25, 0.3) is 5.91 Å². The molecule has 1 heterocycles. The molecule has 5 N–H and O–H groups in total. The number of primary amides is 1. The molecule has 0 bridgehead atoms. The van der Waals surface area contributed by atoms with Crippen LogP contribution in [0.1, 0.15) is 55.3 Å². The maximum absolute atomic E-state index is 10.9.